The summed E-state index contributed by atoms with van der Waals surface area (Å²) in [6.07, 6.45) is 3.10. The number of fused-ring (bicyclic) bond motifs is 1. The first kappa shape index (κ1) is 21.9. The number of aryl methyl sites for hydroxylation is 1. The third-order valence-electron chi connectivity index (χ3n) is 5.15. The number of aliphatic hydroxyl groups is 1. The van der Waals surface area contributed by atoms with Gasteiger partial charge < -0.3 is 26.6 Å². The van der Waals surface area contributed by atoms with Gasteiger partial charge in [0.25, 0.3) is 5.56 Å². The van der Waals surface area contributed by atoms with Crippen LogP contribution in [0.2, 0.25) is 0 Å². The molecule has 0 atom stereocenters. The molecule has 0 saturated carbocycles. The standard InChI is InChI=1S/C23H24N8O2/c1-23(2,33)18-8-7-14(11-26-18)16-10-17-19(22(32)31(3)12-27-17)21(29-16)28-15-6-4-5-13(9-15)20(24)30-25/h4-12,33H,25H2,1-3H3,(H2,24,30)(H,28,29). The van der Waals surface area contributed by atoms with Gasteiger partial charge in [0.1, 0.15) is 22.6 Å². The molecule has 0 aliphatic rings. The predicted molar refractivity (Wildman–Crippen MR) is 128 cm³/mol. The van der Waals surface area contributed by atoms with E-state index in [1.165, 1.54) is 10.9 Å². The molecule has 0 aliphatic carbocycles. The summed E-state index contributed by atoms with van der Waals surface area (Å²) in [5.74, 6) is 5.81. The fourth-order valence-corrected chi connectivity index (χ4v) is 3.34. The maximum Gasteiger partial charge on any atom is 0.264 e. The highest BCUT2D eigenvalue weighted by atomic mass is 16.3. The van der Waals surface area contributed by atoms with Crippen LogP contribution in [-0.2, 0) is 12.6 Å². The highest BCUT2D eigenvalue weighted by Crippen LogP contribution is 2.28. The fourth-order valence-electron chi connectivity index (χ4n) is 3.34. The number of hydrogen-bond acceptors (Lipinski definition) is 8. The average molecular weight is 444 g/mol. The van der Waals surface area contributed by atoms with E-state index in [2.05, 4.69) is 20.4 Å². The van der Waals surface area contributed by atoms with Gasteiger partial charge in [-0.15, -0.1) is 0 Å². The van der Waals surface area contributed by atoms with Crippen molar-refractivity contribution in [1.82, 2.24) is 19.5 Å². The van der Waals surface area contributed by atoms with Crippen LogP contribution in [0.25, 0.3) is 22.2 Å². The van der Waals surface area contributed by atoms with Gasteiger partial charge in [-0.1, -0.05) is 12.1 Å². The van der Waals surface area contributed by atoms with E-state index in [-0.39, 0.29) is 11.4 Å². The molecule has 0 bridgehead atoms. The number of benzene rings is 1. The number of aromatic nitrogens is 4. The van der Waals surface area contributed by atoms with E-state index in [0.29, 0.717) is 44.9 Å². The van der Waals surface area contributed by atoms with Crippen molar-refractivity contribution in [1.29, 1.82) is 0 Å². The molecule has 0 saturated heterocycles. The number of hydrazone groups is 1. The Labute approximate surface area is 189 Å². The molecule has 6 N–H and O–H groups in total. The number of anilines is 2. The largest absolute Gasteiger partial charge is 0.384 e. The Morgan fingerprint density at radius 2 is 1.97 bits per heavy atom. The van der Waals surface area contributed by atoms with Gasteiger partial charge in [-0.25, -0.2) is 9.97 Å². The molecule has 1 aromatic carbocycles. The Hall–Kier alpha value is -4.31. The molecule has 3 heterocycles. The Bertz CT molecular complexity index is 1420. The first-order chi connectivity index (χ1) is 15.7. The van der Waals surface area contributed by atoms with Crippen molar-refractivity contribution < 1.29 is 5.11 Å². The zero-order valence-electron chi connectivity index (χ0n) is 18.4. The highest BCUT2D eigenvalue weighted by Gasteiger charge is 2.18. The molecular weight excluding hydrogens is 420 g/mol. The molecule has 0 amide bonds. The minimum Gasteiger partial charge on any atom is -0.384 e. The number of rotatable bonds is 5. The van der Waals surface area contributed by atoms with E-state index in [4.69, 9.17) is 16.6 Å². The smallest absolute Gasteiger partial charge is 0.264 e. The molecule has 0 radical (unpaired) electrons. The fraction of sp³-hybridized carbons (Fsp3) is 0.174. The van der Waals surface area contributed by atoms with E-state index < -0.39 is 5.60 Å². The van der Waals surface area contributed by atoms with Crippen molar-refractivity contribution in [3.05, 3.63) is 76.6 Å². The summed E-state index contributed by atoms with van der Waals surface area (Å²) >= 11 is 0. The zero-order chi connectivity index (χ0) is 23.8. The third-order valence-corrected chi connectivity index (χ3v) is 5.15. The molecule has 0 aliphatic heterocycles. The van der Waals surface area contributed by atoms with Gasteiger partial charge in [0.05, 0.1) is 23.2 Å². The summed E-state index contributed by atoms with van der Waals surface area (Å²) in [7, 11) is 1.63. The maximum absolute atomic E-state index is 12.9. The van der Waals surface area contributed by atoms with Gasteiger partial charge in [0, 0.05) is 30.1 Å². The Morgan fingerprint density at radius 1 is 1.18 bits per heavy atom. The van der Waals surface area contributed by atoms with Crippen molar-refractivity contribution in [2.45, 2.75) is 19.4 Å². The number of nitrogens with two attached hydrogens (primary N) is 2. The molecule has 0 unspecified atom stereocenters. The number of amidine groups is 1. The number of pyridine rings is 2. The van der Waals surface area contributed by atoms with Crippen LogP contribution in [0.4, 0.5) is 11.5 Å². The lowest BCUT2D eigenvalue weighted by Gasteiger charge is -2.16. The number of nitrogens with one attached hydrogen (secondary N) is 1. The van der Waals surface area contributed by atoms with Crippen LogP contribution in [0.5, 0.6) is 0 Å². The highest BCUT2D eigenvalue weighted by molar-refractivity contribution is 5.98. The third kappa shape index (κ3) is 4.37. The lowest BCUT2D eigenvalue weighted by atomic mass is 10.0. The van der Waals surface area contributed by atoms with E-state index in [1.54, 1.807) is 57.4 Å². The second kappa shape index (κ2) is 8.32. The summed E-state index contributed by atoms with van der Waals surface area (Å²) in [4.78, 5) is 26.4. The monoisotopic (exact) mass is 444 g/mol. The Balaban J connectivity index is 1.86. The lowest BCUT2D eigenvalue weighted by molar-refractivity contribution is 0.0739. The van der Waals surface area contributed by atoms with Crippen LogP contribution in [0.15, 0.2) is 64.9 Å². The van der Waals surface area contributed by atoms with Gasteiger partial charge in [0.15, 0.2) is 0 Å². The van der Waals surface area contributed by atoms with Crippen LogP contribution < -0.4 is 22.5 Å². The molecule has 0 spiro atoms. The average Bonchev–Trinajstić information content (AvgIpc) is 2.80. The van der Waals surface area contributed by atoms with Crippen molar-refractivity contribution in [3.8, 4) is 11.3 Å². The van der Waals surface area contributed by atoms with Crippen molar-refractivity contribution in [2.75, 3.05) is 5.32 Å². The van der Waals surface area contributed by atoms with Gasteiger partial charge >= 0.3 is 0 Å². The SMILES string of the molecule is Cn1cnc2cc(-c3ccc(C(C)(C)O)nc3)nc(Nc3cccc(/C(N)=N/N)c3)c2c1=O. The number of nitrogens with zero attached hydrogens (tertiary/aromatic N) is 5. The molecular formula is C23H24N8O2. The molecule has 168 valence electrons. The van der Waals surface area contributed by atoms with Crippen molar-refractivity contribution >= 4 is 28.2 Å². The predicted octanol–water partition coefficient (Wildman–Crippen LogP) is 1.94. The number of hydrogen-bond donors (Lipinski definition) is 4. The van der Waals surface area contributed by atoms with Crippen molar-refractivity contribution in [2.24, 2.45) is 23.7 Å². The molecule has 3 aromatic heterocycles. The molecule has 0 fully saturated rings. The normalized spacial score (nSPS) is 12.2. The zero-order valence-corrected chi connectivity index (χ0v) is 18.4. The van der Waals surface area contributed by atoms with E-state index in [9.17, 15) is 9.90 Å². The van der Waals surface area contributed by atoms with Gasteiger partial charge in [-0.05, 0) is 44.2 Å². The quantitative estimate of drug-likeness (QED) is 0.157. The van der Waals surface area contributed by atoms with Gasteiger partial charge in [-0.2, -0.15) is 5.10 Å². The first-order valence-electron chi connectivity index (χ1n) is 10.1. The second-order valence-electron chi connectivity index (χ2n) is 8.12. The van der Waals surface area contributed by atoms with Gasteiger partial charge in [-0.3, -0.25) is 9.78 Å². The Kier molecular flexibility index (Phi) is 5.52. The maximum atomic E-state index is 12.9. The van der Waals surface area contributed by atoms with Gasteiger partial charge in [0.2, 0.25) is 0 Å². The second-order valence-corrected chi connectivity index (χ2v) is 8.12. The van der Waals surface area contributed by atoms with Crippen LogP contribution in [0, 0.1) is 0 Å². The molecule has 10 nitrogen and oxygen atoms in total. The minimum absolute atomic E-state index is 0.181. The van der Waals surface area contributed by atoms with E-state index in [1.807, 2.05) is 12.1 Å². The molecule has 10 heteroatoms. The molecule has 4 aromatic rings. The summed E-state index contributed by atoms with van der Waals surface area (Å²) in [6, 6.07) is 12.4. The molecule has 33 heavy (non-hydrogen) atoms. The summed E-state index contributed by atoms with van der Waals surface area (Å²) in [6.45, 7) is 3.34. The Morgan fingerprint density at radius 3 is 2.64 bits per heavy atom. The lowest BCUT2D eigenvalue weighted by Crippen LogP contribution is -2.19. The van der Waals surface area contributed by atoms with Crippen LogP contribution in [-0.4, -0.2) is 30.5 Å². The van der Waals surface area contributed by atoms with Crippen LogP contribution in [0.1, 0.15) is 25.1 Å². The van der Waals surface area contributed by atoms with Crippen LogP contribution >= 0.6 is 0 Å². The summed E-state index contributed by atoms with van der Waals surface area (Å²) in [5, 5.41) is 17.2. The summed E-state index contributed by atoms with van der Waals surface area (Å²) < 4.78 is 1.39. The minimum atomic E-state index is -1.06. The van der Waals surface area contributed by atoms with Crippen molar-refractivity contribution in [3.63, 3.8) is 0 Å². The van der Waals surface area contributed by atoms with Crippen LogP contribution in [0.3, 0.4) is 0 Å². The topological polar surface area (TPSA) is 157 Å². The van der Waals surface area contributed by atoms with E-state index >= 15 is 0 Å². The van der Waals surface area contributed by atoms with E-state index in [0.717, 1.165) is 0 Å². The first-order valence-corrected chi connectivity index (χ1v) is 10.1. The summed E-state index contributed by atoms with van der Waals surface area (Å²) in [5.41, 5.74) is 8.10. The molecule has 4 rings (SSSR count).